The molecule has 1 N–H and O–H groups in total. The number of nitrogens with zero attached hydrogens (tertiary/aromatic N) is 1. The molecular formula is C23H30Cl2N2O3. The van der Waals surface area contributed by atoms with Crippen molar-refractivity contribution in [3.05, 3.63) is 63.7 Å². The van der Waals surface area contributed by atoms with Gasteiger partial charge in [-0.1, -0.05) is 41.4 Å². The molecule has 1 atom stereocenters. The summed E-state index contributed by atoms with van der Waals surface area (Å²) in [5.74, 6) is 0.517. The van der Waals surface area contributed by atoms with Gasteiger partial charge in [0.2, 0.25) is 0 Å². The van der Waals surface area contributed by atoms with E-state index in [0.717, 1.165) is 29.2 Å². The largest absolute Gasteiger partial charge is 0.484 e. The topological polar surface area (TPSA) is 50.8 Å². The van der Waals surface area contributed by atoms with E-state index in [4.69, 9.17) is 21.1 Å². The second-order valence-electron chi connectivity index (χ2n) is 7.54. The number of rotatable bonds is 7. The lowest BCUT2D eigenvalue weighted by atomic mass is 10.0. The number of benzene rings is 2. The molecule has 2 aromatic carbocycles. The molecule has 7 heteroatoms. The molecule has 2 aromatic rings. The molecule has 1 heterocycles. The predicted octanol–water partition coefficient (Wildman–Crippen LogP) is 4.26. The van der Waals surface area contributed by atoms with Crippen LogP contribution in [0.4, 0.5) is 0 Å². The lowest BCUT2D eigenvalue weighted by Gasteiger charge is -2.35. The van der Waals surface area contributed by atoms with Gasteiger partial charge >= 0.3 is 0 Å². The number of amides is 1. The van der Waals surface area contributed by atoms with Gasteiger partial charge in [0, 0.05) is 24.7 Å². The minimum atomic E-state index is -0.138. The van der Waals surface area contributed by atoms with Crippen LogP contribution in [0, 0.1) is 20.8 Å². The Balaban J connectivity index is 0.00000320. The van der Waals surface area contributed by atoms with E-state index in [-0.39, 0.29) is 31.0 Å². The summed E-state index contributed by atoms with van der Waals surface area (Å²) in [5, 5.41) is 3.76. The summed E-state index contributed by atoms with van der Waals surface area (Å²) in [6.45, 7) is 9.58. The molecule has 3 rings (SSSR count). The maximum atomic E-state index is 12.4. The standard InChI is InChI=1S/C23H29ClN2O3.ClH/c1-16-4-6-19(7-5-16)21(26-8-10-28-11-9-26)14-25-22(27)15-29-20-12-17(2)23(24)18(3)13-20;/h4-7,12-13,21H,8-11,14-15H2,1-3H3,(H,25,27);1H. The van der Waals surface area contributed by atoms with Gasteiger partial charge in [-0.15, -0.1) is 12.4 Å². The minimum absolute atomic E-state index is 0. The summed E-state index contributed by atoms with van der Waals surface area (Å²) in [4.78, 5) is 14.8. The maximum absolute atomic E-state index is 12.4. The number of nitrogens with one attached hydrogen (secondary N) is 1. The number of hydrogen-bond donors (Lipinski definition) is 1. The van der Waals surface area contributed by atoms with Gasteiger partial charge in [0.15, 0.2) is 6.61 Å². The van der Waals surface area contributed by atoms with Crippen molar-refractivity contribution in [1.82, 2.24) is 10.2 Å². The zero-order valence-electron chi connectivity index (χ0n) is 17.7. The van der Waals surface area contributed by atoms with Crippen molar-refractivity contribution in [1.29, 1.82) is 0 Å². The molecule has 1 unspecified atom stereocenters. The first kappa shape index (κ1) is 24.5. The molecule has 0 aromatic heterocycles. The average molecular weight is 453 g/mol. The van der Waals surface area contributed by atoms with Gasteiger partial charge in [-0.2, -0.15) is 0 Å². The lowest BCUT2D eigenvalue weighted by molar-refractivity contribution is -0.123. The second-order valence-corrected chi connectivity index (χ2v) is 7.92. The van der Waals surface area contributed by atoms with Crippen LogP contribution in [-0.2, 0) is 9.53 Å². The van der Waals surface area contributed by atoms with Crippen molar-refractivity contribution < 1.29 is 14.3 Å². The summed E-state index contributed by atoms with van der Waals surface area (Å²) >= 11 is 6.19. The molecule has 1 amide bonds. The average Bonchev–Trinajstić information content (AvgIpc) is 2.72. The third-order valence-corrected chi connectivity index (χ3v) is 5.82. The second kappa shape index (κ2) is 11.6. The SMILES string of the molecule is Cc1ccc(C(CNC(=O)COc2cc(C)c(Cl)c(C)c2)N2CCOCC2)cc1.Cl. The Morgan fingerprint density at radius 1 is 1.13 bits per heavy atom. The summed E-state index contributed by atoms with van der Waals surface area (Å²) in [6.07, 6.45) is 0. The van der Waals surface area contributed by atoms with Gasteiger partial charge < -0.3 is 14.8 Å². The Hall–Kier alpha value is -1.79. The van der Waals surface area contributed by atoms with Crippen LogP contribution in [-0.4, -0.2) is 50.3 Å². The molecule has 0 saturated carbocycles. The highest BCUT2D eigenvalue weighted by molar-refractivity contribution is 6.32. The molecule has 0 bridgehead atoms. The Labute approximate surface area is 190 Å². The van der Waals surface area contributed by atoms with Gasteiger partial charge in [0.25, 0.3) is 5.91 Å². The maximum Gasteiger partial charge on any atom is 0.258 e. The summed E-state index contributed by atoms with van der Waals surface area (Å²) < 4.78 is 11.2. The Bertz CT molecular complexity index is 814. The molecule has 1 fully saturated rings. The van der Waals surface area contributed by atoms with Gasteiger partial charge in [0.05, 0.1) is 19.3 Å². The van der Waals surface area contributed by atoms with E-state index in [2.05, 4.69) is 41.4 Å². The first-order chi connectivity index (χ1) is 13.9. The Morgan fingerprint density at radius 2 is 1.73 bits per heavy atom. The van der Waals surface area contributed by atoms with Crippen LogP contribution >= 0.6 is 24.0 Å². The molecule has 1 aliphatic rings. The van der Waals surface area contributed by atoms with Crippen molar-refractivity contribution in [2.24, 2.45) is 0 Å². The van der Waals surface area contributed by atoms with Gasteiger partial charge in [0.1, 0.15) is 5.75 Å². The summed E-state index contributed by atoms with van der Waals surface area (Å²) in [5.41, 5.74) is 4.30. The van der Waals surface area contributed by atoms with E-state index < -0.39 is 0 Å². The molecule has 164 valence electrons. The third kappa shape index (κ3) is 6.61. The molecular weight excluding hydrogens is 423 g/mol. The van der Waals surface area contributed by atoms with Crippen LogP contribution in [0.15, 0.2) is 36.4 Å². The van der Waals surface area contributed by atoms with Crippen LogP contribution in [0.1, 0.15) is 28.3 Å². The molecule has 30 heavy (non-hydrogen) atoms. The van der Waals surface area contributed by atoms with Gasteiger partial charge in [-0.25, -0.2) is 0 Å². The quantitative estimate of drug-likeness (QED) is 0.681. The monoisotopic (exact) mass is 452 g/mol. The lowest BCUT2D eigenvalue weighted by Crippen LogP contribution is -2.44. The van der Waals surface area contributed by atoms with Crippen LogP contribution in [0.5, 0.6) is 5.75 Å². The van der Waals surface area contributed by atoms with Crippen LogP contribution < -0.4 is 10.1 Å². The highest BCUT2D eigenvalue weighted by atomic mass is 35.5. The highest BCUT2D eigenvalue weighted by Crippen LogP contribution is 2.26. The first-order valence-corrected chi connectivity index (χ1v) is 10.4. The predicted molar refractivity (Wildman–Crippen MR) is 123 cm³/mol. The molecule has 1 saturated heterocycles. The smallest absolute Gasteiger partial charge is 0.258 e. The Kier molecular flexibility index (Phi) is 9.43. The third-order valence-electron chi connectivity index (χ3n) is 5.22. The number of morpholine rings is 1. The zero-order chi connectivity index (χ0) is 20.8. The molecule has 0 aliphatic carbocycles. The number of halogens is 2. The van der Waals surface area contributed by atoms with Crippen molar-refractivity contribution in [2.75, 3.05) is 39.5 Å². The fourth-order valence-electron chi connectivity index (χ4n) is 3.54. The van der Waals surface area contributed by atoms with Crippen molar-refractivity contribution in [2.45, 2.75) is 26.8 Å². The summed E-state index contributed by atoms with van der Waals surface area (Å²) in [6, 6.07) is 12.3. The van der Waals surface area contributed by atoms with E-state index in [1.165, 1.54) is 11.1 Å². The number of hydrogen-bond acceptors (Lipinski definition) is 4. The minimum Gasteiger partial charge on any atom is -0.484 e. The Morgan fingerprint density at radius 3 is 2.33 bits per heavy atom. The van der Waals surface area contributed by atoms with Crippen LogP contribution in [0.25, 0.3) is 0 Å². The van der Waals surface area contributed by atoms with E-state index in [1.807, 2.05) is 26.0 Å². The van der Waals surface area contributed by atoms with Crippen molar-refractivity contribution in [3.63, 3.8) is 0 Å². The normalized spacial score (nSPS) is 15.2. The van der Waals surface area contributed by atoms with Crippen LogP contribution in [0.2, 0.25) is 5.02 Å². The van der Waals surface area contributed by atoms with E-state index >= 15 is 0 Å². The molecule has 5 nitrogen and oxygen atoms in total. The van der Waals surface area contributed by atoms with Gasteiger partial charge in [-0.05, 0) is 49.6 Å². The molecule has 1 aliphatic heterocycles. The fourth-order valence-corrected chi connectivity index (χ4v) is 3.64. The highest BCUT2D eigenvalue weighted by Gasteiger charge is 2.23. The van der Waals surface area contributed by atoms with Crippen LogP contribution in [0.3, 0.4) is 0 Å². The van der Waals surface area contributed by atoms with E-state index in [9.17, 15) is 4.79 Å². The summed E-state index contributed by atoms with van der Waals surface area (Å²) in [7, 11) is 0. The van der Waals surface area contributed by atoms with Crippen molar-refractivity contribution >= 4 is 29.9 Å². The first-order valence-electron chi connectivity index (χ1n) is 9.98. The number of aryl methyl sites for hydroxylation is 3. The van der Waals surface area contributed by atoms with Gasteiger partial charge in [-0.3, -0.25) is 9.69 Å². The van der Waals surface area contributed by atoms with Crippen molar-refractivity contribution in [3.8, 4) is 5.75 Å². The number of carbonyl (C=O) groups excluding carboxylic acids is 1. The molecule has 0 spiro atoms. The zero-order valence-corrected chi connectivity index (χ0v) is 19.3. The van der Waals surface area contributed by atoms with E-state index in [1.54, 1.807) is 0 Å². The fraction of sp³-hybridized carbons (Fsp3) is 0.435. The van der Waals surface area contributed by atoms with E-state index in [0.29, 0.717) is 25.5 Å². The molecule has 0 radical (unpaired) electrons. The number of carbonyl (C=O) groups is 1. The number of ether oxygens (including phenoxy) is 2.